The van der Waals surface area contributed by atoms with E-state index in [4.69, 9.17) is 5.11 Å². The van der Waals surface area contributed by atoms with Gasteiger partial charge in [0.05, 0.1) is 4.90 Å². The Morgan fingerprint density at radius 2 is 1.95 bits per heavy atom. The molecule has 0 saturated carbocycles. The number of phenols is 1. The molecule has 0 unspecified atom stereocenters. The van der Waals surface area contributed by atoms with E-state index in [9.17, 15) is 18.3 Å². The number of anilines is 1. The number of benzene rings is 1. The third-order valence-electron chi connectivity index (χ3n) is 2.76. The van der Waals surface area contributed by atoms with Gasteiger partial charge in [0.25, 0.3) is 10.0 Å². The fraction of sp³-hybridized carbons (Fsp3) is 0.167. The summed E-state index contributed by atoms with van der Waals surface area (Å²) in [6, 6.07) is 3.49. The summed E-state index contributed by atoms with van der Waals surface area (Å²) in [5.41, 5.74) is 0.401. The molecular weight excluding hydrogens is 298 g/mol. The normalized spacial score (nSPS) is 11.3. The Balaban J connectivity index is 2.49. The largest absolute Gasteiger partial charge is 0.507 e. The maximum Gasteiger partial charge on any atom is 0.339 e. The SMILES string of the molecule is Cc1cc(NS(=O)(=O)c2cc(C(=O)O)c(O)cc2C)n[nH]1. The van der Waals surface area contributed by atoms with Crippen molar-refractivity contribution in [3.8, 4) is 5.75 Å². The molecule has 4 N–H and O–H groups in total. The zero-order valence-electron chi connectivity index (χ0n) is 11.2. The van der Waals surface area contributed by atoms with Crippen molar-refractivity contribution in [2.75, 3.05) is 4.72 Å². The Hall–Kier alpha value is -2.55. The minimum Gasteiger partial charge on any atom is -0.507 e. The van der Waals surface area contributed by atoms with E-state index in [0.29, 0.717) is 5.69 Å². The number of aromatic hydroxyl groups is 1. The van der Waals surface area contributed by atoms with Gasteiger partial charge in [-0.05, 0) is 31.5 Å². The van der Waals surface area contributed by atoms with E-state index < -0.39 is 27.3 Å². The number of hydrogen-bond acceptors (Lipinski definition) is 5. The van der Waals surface area contributed by atoms with Gasteiger partial charge >= 0.3 is 5.97 Å². The number of nitrogens with one attached hydrogen (secondary N) is 2. The van der Waals surface area contributed by atoms with E-state index in [-0.39, 0.29) is 16.3 Å². The van der Waals surface area contributed by atoms with E-state index in [0.717, 1.165) is 12.1 Å². The summed E-state index contributed by atoms with van der Waals surface area (Å²) in [7, 11) is -4.01. The van der Waals surface area contributed by atoms with E-state index in [2.05, 4.69) is 14.9 Å². The molecule has 2 rings (SSSR count). The van der Waals surface area contributed by atoms with E-state index >= 15 is 0 Å². The molecule has 0 aliphatic carbocycles. The van der Waals surface area contributed by atoms with Crippen molar-refractivity contribution in [2.45, 2.75) is 18.7 Å². The number of rotatable bonds is 4. The molecule has 0 atom stereocenters. The van der Waals surface area contributed by atoms with Crippen LogP contribution in [0.2, 0.25) is 0 Å². The standard InChI is InChI=1S/C12H13N3O5S/c1-6-3-9(16)8(12(17)18)5-10(6)21(19,20)15-11-4-7(2)13-14-11/h3-5,16H,1-2H3,(H,17,18)(H2,13,14,15). The van der Waals surface area contributed by atoms with Crippen molar-refractivity contribution in [1.29, 1.82) is 0 Å². The van der Waals surface area contributed by atoms with Crippen LogP contribution >= 0.6 is 0 Å². The first kappa shape index (κ1) is 14.9. The molecule has 0 radical (unpaired) electrons. The molecular formula is C12H13N3O5S. The highest BCUT2D eigenvalue weighted by atomic mass is 32.2. The Morgan fingerprint density at radius 3 is 2.48 bits per heavy atom. The summed E-state index contributed by atoms with van der Waals surface area (Å²) in [6.45, 7) is 3.16. The third kappa shape index (κ3) is 2.97. The number of aromatic nitrogens is 2. The van der Waals surface area contributed by atoms with Gasteiger partial charge in [0, 0.05) is 11.8 Å². The van der Waals surface area contributed by atoms with Crippen LogP contribution in [-0.4, -0.2) is 34.8 Å². The van der Waals surface area contributed by atoms with Crippen molar-refractivity contribution < 1.29 is 23.4 Å². The maximum absolute atomic E-state index is 12.3. The van der Waals surface area contributed by atoms with E-state index in [1.165, 1.54) is 13.0 Å². The molecule has 21 heavy (non-hydrogen) atoms. The van der Waals surface area contributed by atoms with Crippen molar-refractivity contribution in [2.24, 2.45) is 0 Å². The zero-order chi connectivity index (χ0) is 15.8. The lowest BCUT2D eigenvalue weighted by atomic mass is 10.1. The van der Waals surface area contributed by atoms with Gasteiger partial charge in [0.15, 0.2) is 5.82 Å². The summed E-state index contributed by atoms with van der Waals surface area (Å²) in [5, 5.41) is 24.8. The molecule has 8 nitrogen and oxygen atoms in total. The predicted octanol–water partition coefficient (Wildman–Crippen LogP) is 1.23. The highest BCUT2D eigenvalue weighted by Crippen LogP contribution is 2.26. The smallest absolute Gasteiger partial charge is 0.339 e. The predicted molar refractivity (Wildman–Crippen MR) is 73.9 cm³/mol. The molecule has 0 bridgehead atoms. The lowest BCUT2D eigenvalue weighted by Gasteiger charge is -2.10. The van der Waals surface area contributed by atoms with Crippen LogP contribution in [0.25, 0.3) is 0 Å². The van der Waals surface area contributed by atoms with Crippen LogP contribution in [0.5, 0.6) is 5.75 Å². The first-order valence-corrected chi connectivity index (χ1v) is 7.31. The van der Waals surface area contributed by atoms with Gasteiger partial charge in [-0.15, -0.1) is 0 Å². The van der Waals surface area contributed by atoms with Crippen molar-refractivity contribution in [1.82, 2.24) is 10.2 Å². The average molecular weight is 311 g/mol. The van der Waals surface area contributed by atoms with Crippen LogP contribution in [0.4, 0.5) is 5.82 Å². The number of sulfonamides is 1. The van der Waals surface area contributed by atoms with Crippen LogP contribution in [-0.2, 0) is 10.0 Å². The van der Waals surface area contributed by atoms with Crippen molar-refractivity contribution in [3.05, 3.63) is 35.0 Å². The molecule has 0 aliphatic heterocycles. The first-order valence-electron chi connectivity index (χ1n) is 5.82. The monoisotopic (exact) mass is 311 g/mol. The van der Waals surface area contributed by atoms with E-state index in [1.807, 2.05) is 0 Å². The number of aromatic amines is 1. The van der Waals surface area contributed by atoms with Gasteiger partial charge in [0.1, 0.15) is 11.3 Å². The van der Waals surface area contributed by atoms with Gasteiger partial charge in [-0.3, -0.25) is 9.82 Å². The fourth-order valence-corrected chi connectivity index (χ4v) is 3.04. The minimum absolute atomic E-state index is 0.0943. The van der Waals surface area contributed by atoms with Gasteiger partial charge < -0.3 is 10.2 Å². The summed E-state index contributed by atoms with van der Waals surface area (Å²) in [6.07, 6.45) is 0. The van der Waals surface area contributed by atoms with Crippen LogP contribution in [0.15, 0.2) is 23.1 Å². The Bertz CT molecular complexity index is 810. The molecule has 0 amide bonds. The highest BCUT2D eigenvalue weighted by Gasteiger charge is 2.22. The molecule has 112 valence electrons. The second-order valence-electron chi connectivity index (χ2n) is 4.48. The molecule has 2 aromatic rings. The summed E-state index contributed by atoms with van der Waals surface area (Å²) in [4.78, 5) is 10.7. The summed E-state index contributed by atoms with van der Waals surface area (Å²) in [5.74, 6) is -1.81. The number of carbonyl (C=O) groups is 1. The number of carboxylic acids is 1. The molecule has 0 spiro atoms. The highest BCUT2D eigenvalue weighted by molar-refractivity contribution is 7.92. The third-order valence-corrected chi connectivity index (χ3v) is 4.25. The first-order chi connectivity index (χ1) is 9.70. The van der Waals surface area contributed by atoms with Crippen molar-refractivity contribution >= 4 is 21.8 Å². The van der Waals surface area contributed by atoms with Gasteiger partial charge in [-0.1, -0.05) is 0 Å². The topological polar surface area (TPSA) is 132 Å². The van der Waals surface area contributed by atoms with Crippen LogP contribution in [0, 0.1) is 13.8 Å². The Kier molecular flexibility index (Phi) is 3.60. The quantitative estimate of drug-likeness (QED) is 0.671. The van der Waals surface area contributed by atoms with Crippen LogP contribution in [0.3, 0.4) is 0 Å². The average Bonchev–Trinajstić information content (AvgIpc) is 2.72. The molecule has 9 heteroatoms. The van der Waals surface area contributed by atoms with Crippen LogP contribution < -0.4 is 4.72 Å². The Labute approximate surface area is 120 Å². The van der Waals surface area contributed by atoms with Gasteiger partial charge in [0.2, 0.25) is 0 Å². The Morgan fingerprint density at radius 1 is 1.29 bits per heavy atom. The molecule has 0 aliphatic rings. The number of nitrogens with zero attached hydrogens (tertiary/aromatic N) is 1. The number of carboxylic acid groups (broad SMARTS) is 1. The zero-order valence-corrected chi connectivity index (χ0v) is 12.0. The second kappa shape index (κ2) is 5.09. The molecule has 0 saturated heterocycles. The van der Waals surface area contributed by atoms with E-state index in [1.54, 1.807) is 6.92 Å². The molecule has 0 fully saturated rings. The molecule has 1 aromatic carbocycles. The molecule has 1 aromatic heterocycles. The van der Waals surface area contributed by atoms with Gasteiger partial charge in [-0.2, -0.15) is 5.10 Å². The number of hydrogen-bond donors (Lipinski definition) is 4. The second-order valence-corrected chi connectivity index (χ2v) is 6.13. The number of aromatic carboxylic acids is 1. The number of H-pyrrole nitrogens is 1. The minimum atomic E-state index is -4.01. The lowest BCUT2D eigenvalue weighted by Crippen LogP contribution is -2.15. The maximum atomic E-state index is 12.3. The number of aryl methyl sites for hydroxylation is 2. The fourth-order valence-electron chi connectivity index (χ4n) is 1.80. The molecule has 1 heterocycles. The lowest BCUT2D eigenvalue weighted by molar-refractivity contribution is 0.0693. The summed E-state index contributed by atoms with van der Waals surface area (Å²) < 4.78 is 26.8. The van der Waals surface area contributed by atoms with Crippen molar-refractivity contribution in [3.63, 3.8) is 0 Å². The van der Waals surface area contributed by atoms with Crippen LogP contribution in [0.1, 0.15) is 21.6 Å². The summed E-state index contributed by atoms with van der Waals surface area (Å²) >= 11 is 0. The van der Waals surface area contributed by atoms with Gasteiger partial charge in [-0.25, -0.2) is 13.2 Å².